The van der Waals surface area contributed by atoms with Gasteiger partial charge in [-0.1, -0.05) is 27.2 Å². The largest absolute Gasteiger partial charge is 0.462 e. The van der Waals surface area contributed by atoms with Gasteiger partial charge in [-0.25, -0.2) is 4.79 Å². The van der Waals surface area contributed by atoms with Gasteiger partial charge in [-0.15, -0.1) is 0 Å². The van der Waals surface area contributed by atoms with E-state index in [0.717, 1.165) is 23.0 Å². The van der Waals surface area contributed by atoms with E-state index in [1.54, 1.807) is 6.07 Å². The minimum absolute atomic E-state index is 0.281. The Hall–Kier alpha value is -1.03. The molecule has 4 heteroatoms. The summed E-state index contributed by atoms with van der Waals surface area (Å²) in [5, 5.41) is 3.56. The van der Waals surface area contributed by atoms with Crippen molar-refractivity contribution in [2.45, 2.75) is 53.0 Å². The summed E-state index contributed by atoms with van der Waals surface area (Å²) in [6.45, 7) is 8.90. The molecule has 0 amide bonds. The molecule has 0 spiro atoms. The van der Waals surface area contributed by atoms with E-state index in [-0.39, 0.29) is 5.97 Å². The third kappa shape index (κ3) is 5.70. The van der Waals surface area contributed by atoms with E-state index >= 15 is 0 Å². The average Bonchev–Trinajstić information content (AvgIpc) is 2.48. The van der Waals surface area contributed by atoms with Crippen LogP contribution < -0.4 is 5.32 Å². The molecule has 1 rings (SSSR count). The fourth-order valence-corrected chi connectivity index (χ4v) is 2.67. The lowest BCUT2D eigenvalue weighted by molar-refractivity contribution is 0.0526. The molecule has 21 heavy (non-hydrogen) atoms. The molecule has 0 aliphatic rings. The van der Waals surface area contributed by atoms with Crippen LogP contribution in [0.2, 0.25) is 0 Å². The van der Waals surface area contributed by atoms with Crippen LogP contribution in [0.25, 0.3) is 0 Å². The summed E-state index contributed by atoms with van der Waals surface area (Å²) in [5.41, 5.74) is 1.60. The van der Waals surface area contributed by atoms with Gasteiger partial charge < -0.3 is 10.1 Å². The fourth-order valence-electron chi connectivity index (χ4n) is 2.17. The molecular formula is C17H26BrNO2. The highest BCUT2D eigenvalue weighted by atomic mass is 79.9. The second-order valence-corrected chi connectivity index (χ2v) is 6.27. The monoisotopic (exact) mass is 355 g/mol. The molecule has 0 radical (unpaired) electrons. The molecule has 0 aliphatic heterocycles. The van der Waals surface area contributed by atoms with Crippen molar-refractivity contribution in [1.29, 1.82) is 0 Å². The first-order valence-corrected chi connectivity index (χ1v) is 8.54. The molecule has 1 aromatic rings. The van der Waals surface area contributed by atoms with Gasteiger partial charge in [0.2, 0.25) is 0 Å². The van der Waals surface area contributed by atoms with Gasteiger partial charge >= 0.3 is 5.97 Å². The lowest BCUT2D eigenvalue weighted by Gasteiger charge is -2.22. The summed E-state index contributed by atoms with van der Waals surface area (Å²) in [5.74, 6) is 0.427. The number of benzene rings is 1. The van der Waals surface area contributed by atoms with Crippen LogP contribution in [0.5, 0.6) is 0 Å². The number of ether oxygens (including phenoxy) is 1. The summed E-state index contributed by atoms with van der Waals surface area (Å²) in [6.07, 6.45) is 3.43. The second kappa shape index (κ2) is 9.08. The van der Waals surface area contributed by atoms with Crippen LogP contribution in [0, 0.1) is 5.92 Å². The molecule has 1 aromatic carbocycles. The predicted octanol–water partition coefficient (Wildman–Crippen LogP) is 5.25. The minimum Gasteiger partial charge on any atom is -0.462 e. The number of anilines is 1. The topological polar surface area (TPSA) is 38.3 Å². The van der Waals surface area contributed by atoms with E-state index < -0.39 is 0 Å². The van der Waals surface area contributed by atoms with Gasteiger partial charge in [0.1, 0.15) is 0 Å². The fraction of sp³-hybridized carbons (Fsp3) is 0.588. The Morgan fingerprint density at radius 2 is 2.00 bits per heavy atom. The van der Waals surface area contributed by atoms with E-state index in [4.69, 9.17) is 4.74 Å². The van der Waals surface area contributed by atoms with Gasteiger partial charge in [0.15, 0.2) is 0 Å². The minimum atomic E-state index is -0.281. The molecule has 0 aromatic heterocycles. The maximum atomic E-state index is 11.7. The quantitative estimate of drug-likeness (QED) is 0.647. The molecule has 0 heterocycles. The molecular weight excluding hydrogens is 330 g/mol. The predicted molar refractivity (Wildman–Crippen MR) is 91.9 cm³/mol. The Labute approximate surface area is 136 Å². The van der Waals surface area contributed by atoms with Crippen molar-refractivity contribution >= 4 is 27.6 Å². The van der Waals surface area contributed by atoms with Crippen molar-refractivity contribution in [3.63, 3.8) is 0 Å². The Kier molecular flexibility index (Phi) is 7.79. The second-order valence-electron chi connectivity index (χ2n) is 5.41. The van der Waals surface area contributed by atoms with Gasteiger partial charge in [-0.3, -0.25) is 0 Å². The first-order chi connectivity index (χ1) is 10.0. The van der Waals surface area contributed by atoms with Crippen molar-refractivity contribution in [3.8, 4) is 0 Å². The molecule has 1 N–H and O–H groups in total. The Morgan fingerprint density at radius 3 is 2.52 bits per heavy atom. The van der Waals surface area contributed by atoms with Crippen LogP contribution in [0.1, 0.15) is 57.3 Å². The van der Waals surface area contributed by atoms with Gasteiger partial charge in [-0.05, 0) is 59.8 Å². The first kappa shape index (κ1) is 18.0. The number of carbonyl (C=O) groups is 1. The molecule has 0 saturated heterocycles. The molecule has 0 fully saturated rings. The number of hydrogen-bond acceptors (Lipinski definition) is 3. The van der Waals surface area contributed by atoms with Gasteiger partial charge in [0.25, 0.3) is 0 Å². The summed E-state index contributed by atoms with van der Waals surface area (Å²) in [6, 6.07) is 6.01. The number of carbonyl (C=O) groups excluding carboxylic acids is 1. The molecule has 0 aliphatic carbocycles. The van der Waals surface area contributed by atoms with Gasteiger partial charge in [0, 0.05) is 16.2 Å². The van der Waals surface area contributed by atoms with E-state index in [9.17, 15) is 4.79 Å². The molecule has 2 atom stereocenters. The summed E-state index contributed by atoms with van der Waals surface area (Å²) in [7, 11) is 0. The smallest absolute Gasteiger partial charge is 0.338 e. The Balaban J connectivity index is 2.77. The highest BCUT2D eigenvalue weighted by Crippen LogP contribution is 2.26. The standard InChI is InChI=1S/C17H26BrNO2/c1-5-12(4)10-14(6-2)19-16-9-8-13(11-15(16)18)17(20)21-7-3/h8-9,11-12,14,19H,5-7,10H2,1-4H3. The maximum absolute atomic E-state index is 11.7. The van der Waals surface area contributed by atoms with Crippen molar-refractivity contribution in [1.82, 2.24) is 0 Å². The van der Waals surface area contributed by atoms with Gasteiger partial charge in [0.05, 0.1) is 12.2 Å². The van der Waals surface area contributed by atoms with E-state index in [1.807, 2.05) is 19.1 Å². The maximum Gasteiger partial charge on any atom is 0.338 e. The van der Waals surface area contributed by atoms with Crippen molar-refractivity contribution in [2.75, 3.05) is 11.9 Å². The van der Waals surface area contributed by atoms with Crippen LogP contribution >= 0.6 is 15.9 Å². The summed E-state index contributed by atoms with van der Waals surface area (Å²) in [4.78, 5) is 11.7. The number of rotatable bonds is 8. The van der Waals surface area contributed by atoms with E-state index in [1.165, 1.54) is 6.42 Å². The van der Waals surface area contributed by atoms with Crippen LogP contribution in [-0.2, 0) is 4.74 Å². The number of halogens is 1. The Morgan fingerprint density at radius 1 is 1.29 bits per heavy atom. The highest BCUT2D eigenvalue weighted by molar-refractivity contribution is 9.10. The zero-order chi connectivity index (χ0) is 15.8. The summed E-state index contributed by atoms with van der Waals surface area (Å²) < 4.78 is 5.91. The van der Waals surface area contributed by atoms with Gasteiger partial charge in [-0.2, -0.15) is 0 Å². The molecule has 0 bridgehead atoms. The normalized spacial score (nSPS) is 13.6. The lowest BCUT2D eigenvalue weighted by Crippen LogP contribution is -2.21. The average molecular weight is 356 g/mol. The molecule has 118 valence electrons. The van der Waals surface area contributed by atoms with E-state index in [0.29, 0.717) is 24.1 Å². The van der Waals surface area contributed by atoms with Crippen LogP contribution in [0.4, 0.5) is 5.69 Å². The molecule has 3 nitrogen and oxygen atoms in total. The van der Waals surface area contributed by atoms with Crippen LogP contribution in [0.15, 0.2) is 22.7 Å². The molecule has 2 unspecified atom stereocenters. The van der Waals surface area contributed by atoms with Crippen LogP contribution in [-0.4, -0.2) is 18.6 Å². The van der Waals surface area contributed by atoms with E-state index in [2.05, 4.69) is 42.0 Å². The van der Waals surface area contributed by atoms with Crippen LogP contribution in [0.3, 0.4) is 0 Å². The highest BCUT2D eigenvalue weighted by Gasteiger charge is 2.13. The third-order valence-electron chi connectivity index (χ3n) is 3.72. The Bertz CT molecular complexity index is 462. The number of nitrogens with one attached hydrogen (secondary N) is 1. The lowest BCUT2D eigenvalue weighted by atomic mass is 9.97. The van der Waals surface area contributed by atoms with Crippen molar-refractivity contribution < 1.29 is 9.53 Å². The first-order valence-electron chi connectivity index (χ1n) is 7.74. The number of esters is 1. The van der Waals surface area contributed by atoms with Crippen molar-refractivity contribution in [2.24, 2.45) is 5.92 Å². The zero-order valence-corrected chi connectivity index (χ0v) is 15.0. The summed E-state index contributed by atoms with van der Waals surface area (Å²) >= 11 is 3.54. The SMILES string of the molecule is CCOC(=O)c1ccc(NC(CC)CC(C)CC)c(Br)c1. The molecule has 0 saturated carbocycles. The third-order valence-corrected chi connectivity index (χ3v) is 4.37. The number of hydrogen-bond donors (Lipinski definition) is 1. The van der Waals surface area contributed by atoms with Crippen molar-refractivity contribution in [3.05, 3.63) is 28.2 Å². The zero-order valence-electron chi connectivity index (χ0n) is 13.4.